The third-order valence-corrected chi connectivity index (χ3v) is 5.71. The minimum Gasteiger partial charge on any atom is -0.492 e. The number of nitrogens with one attached hydrogen (secondary N) is 2. The lowest BCUT2D eigenvalue weighted by atomic mass is 10.2. The molecule has 4 rings (SSSR count). The van der Waals surface area contributed by atoms with Gasteiger partial charge < -0.3 is 30.9 Å². The van der Waals surface area contributed by atoms with Crippen molar-refractivity contribution in [3.05, 3.63) is 41.4 Å². The van der Waals surface area contributed by atoms with Crippen molar-refractivity contribution in [1.29, 1.82) is 0 Å². The van der Waals surface area contributed by atoms with Crippen LogP contribution in [0.5, 0.6) is 10.9 Å². The van der Waals surface area contributed by atoms with Gasteiger partial charge in [-0.3, -0.25) is 9.59 Å². The normalized spacial score (nSPS) is 15.3. The van der Waals surface area contributed by atoms with Gasteiger partial charge in [-0.05, 0) is 30.7 Å². The predicted octanol–water partition coefficient (Wildman–Crippen LogP) is 2.50. The van der Waals surface area contributed by atoms with Gasteiger partial charge in [0.05, 0.1) is 0 Å². The quantitative estimate of drug-likeness (QED) is 0.374. The molecular weight excluding hydrogens is 456 g/mol. The molecule has 1 aliphatic heterocycles. The predicted molar refractivity (Wildman–Crippen MR) is 132 cm³/mol. The van der Waals surface area contributed by atoms with Crippen molar-refractivity contribution in [3.63, 3.8) is 0 Å². The Bertz CT molecular complexity index is 798. The largest absolute Gasteiger partial charge is 0.492 e. The molecule has 2 fully saturated rings. The molecule has 1 aliphatic carbocycles. The minimum absolute atomic E-state index is 0.190. The van der Waals surface area contributed by atoms with E-state index >= 15 is 0 Å². The van der Waals surface area contributed by atoms with Crippen LogP contribution in [-0.4, -0.2) is 60.9 Å². The lowest BCUT2D eigenvalue weighted by Crippen LogP contribution is -2.33. The lowest BCUT2D eigenvalue weighted by Gasteiger charge is -2.12. The molecule has 2 heterocycles. The smallest absolute Gasteiger partial charge is 0.273 e. The Morgan fingerprint density at radius 2 is 1.85 bits per heavy atom. The summed E-state index contributed by atoms with van der Waals surface area (Å²) in [7, 11) is 0. The highest BCUT2D eigenvalue weighted by atomic mass is 32.1. The van der Waals surface area contributed by atoms with Gasteiger partial charge in [-0.1, -0.05) is 43.4 Å². The third-order valence-electron chi connectivity index (χ3n) is 5.03. The van der Waals surface area contributed by atoms with Crippen LogP contribution >= 0.6 is 11.3 Å². The van der Waals surface area contributed by atoms with E-state index in [2.05, 4.69) is 15.6 Å². The lowest BCUT2D eigenvalue weighted by molar-refractivity contribution is -0.119. The molecule has 5 N–H and O–H groups in total. The Labute approximate surface area is 205 Å². The number of aromatic nitrogens is 1. The van der Waals surface area contributed by atoms with Crippen molar-refractivity contribution in [2.75, 3.05) is 32.8 Å². The van der Waals surface area contributed by atoms with Crippen molar-refractivity contribution in [1.82, 2.24) is 15.6 Å². The first kappa shape index (κ1) is 27.6. The zero-order chi connectivity index (χ0) is 24.4. The van der Waals surface area contributed by atoms with Gasteiger partial charge >= 0.3 is 0 Å². The summed E-state index contributed by atoms with van der Waals surface area (Å²) in [5, 5.41) is 17.9. The fourth-order valence-electron chi connectivity index (χ4n) is 3.18. The average Bonchev–Trinajstić information content (AvgIpc) is 3.64. The van der Waals surface area contributed by atoms with Gasteiger partial charge in [0.2, 0.25) is 11.8 Å². The van der Waals surface area contributed by atoms with Crippen LogP contribution in [0.4, 0.5) is 0 Å². The van der Waals surface area contributed by atoms with Crippen molar-refractivity contribution >= 4 is 23.2 Å². The first-order valence-electron chi connectivity index (χ1n) is 11.7. The van der Waals surface area contributed by atoms with Crippen LogP contribution in [0, 0.1) is 0 Å². The first-order valence-corrected chi connectivity index (χ1v) is 12.6. The zero-order valence-corrected chi connectivity index (χ0v) is 20.4. The van der Waals surface area contributed by atoms with E-state index in [1.807, 2.05) is 5.38 Å². The van der Waals surface area contributed by atoms with Gasteiger partial charge in [0.15, 0.2) is 0 Å². The van der Waals surface area contributed by atoms with Gasteiger partial charge in [-0.15, -0.1) is 0 Å². The summed E-state index contributed by atoms with van der Waals surface area (Å²) < 4.78 is 10.8. The Morgan fingerprint density at radius 3 is 2.35 bits per heavy atom. The fraction of sp³-hybridized carbons (Fsp3) is 0.542. The molecular formula is C24H36N4O5S. The van der Waals surface area contributed by atoms with Crippen LogP contribution in [-0.2, 0) is 4.79 Å². The number of benzene rings is 1. The van der Waals surface area contributed by atoms with Gasteiger partial charge in [0, 0.05) is 43.2 Å². The second kappa shape index (κ2) is 16.9. The number of aliphatic hydroxyl groups excluding tert-OH is 1. The number of ether oxygens (including phenoxy) is 2. The third kappa shape index (κ3) is 12.5. The molecule has 1 aromatic carbocycles. The maximum atomic E-state index is 10.9. The number of aliphatic hydroxyl groups is 1. The van der Waals surface area contributed by atoms with Crippen molar-refractivity contribution in [2.45, 2.75) is 51.0 Å². The summed E-state index contributed by atoms with van der Waals surface area (Å²) >= 11 is 1.38. The number of thiazole rings is 1. The number of amides is 2. The molecule has 1 atom stereocenters. The van der Waals surface area contributed by atoms with Crippen molar-refractivity contribution < 1.29 is 24.2 Å². The van der Waals surface area contributed by atoms with Crippen LogP contribution in [0.15, 0.2) is 35.8 Å². The summed E-state index contributed by atoms with van der Waals surface area (Å²) in [5.74, 6) is 0.395. The maximum Gasteiger partial charge on any atom is 0.273 e. The number of hydrogen-bond acceptors (Lipinski definition) is 8. The highest BCUT2D eigenvalue weighted by molar-refractivity contribution is 7.11. The van der Waals surface area contributed by atoms with Crippen LogP contribution in [0.1, 0.15) is 55.3 Å². The highest BCUT2D eigenvalue weighted by Crippen LogP contribution is 2.15. The number of rotatable bonds is 10. The second-order valence-electron chi connectivity index (χ2n) is 7.93. The van der Waals surface area contributed by atoms with Crippen LogP contribution in [0.3, 0.4) is 0 Å². The molecule has 2 aliphatic rings. The monoisotopic (exact) mass is 492 g/mol. The summed E-state index contributed by atoms with van der Waals surface area (Å²) in [6, 6.07) is 6.61. The number of carbonyl (C=O) groups excluding carboxylic acids is 2. The van der Waals surface area contributed by atoms with Crippen molar-refractivity contribution in [3.8, 4) is 10.9 Å². The molecule has 0 radical (unpaired) electrons. The van der Waals surface area contributed by atoms with E-state index in [9.17, 15) is 14.7 Å². The van der Waals surface area contributed by atoms with Crippen LogP contribution in [0.25, 0.3) is 0 Å². The molecule has 9 nitrogen and oxygen atoms in total. The molecule has 1 aromatic heterocycles. The Kier molecular flexibility index (Phi) is 13.7. The van der Waals surface area contributed by atoms with Crippen LogP contribution < -0.4 is 25.8 Å². The van der Waals surface area contributed by atoms with E-state index in [0.29, 0.717) is 36.2 Å². The van der Waals surface area contributed by atoms with Gasteiger partial charge in [0.1, 0.15) is 25.1 Å². The number of carbonyl (C=O) groups is 2. The molecule has 1 saturated heterocycles. The van der Waals surface area contributed by atoms with Crippen LogP contribution in [0.2, 0.25) is 0 Å². The molecule has 0 bridgehead atoms. The van der Waals surface area contributed by atoms with Gasteiger partial charge in [0.25, 0.3) is 5.19 Å². The van der Waals surface area contributed by atoms with E-state index in [1.54, 1.807) is 30.5 Å². The number of primary amides is 1. The Hall–Kier alpha value is -2.69. The minimum atomic E-state index is -0.617. The number of nitrogens with two attached hydrogens (primary N) is 1. The summed E-state index contributed by atoms with van der Waals surface area (Å²) in [5.41, 5.74) is 5.60. The standard InChI is InChI=1S/C15H19N3O4S.C5H10.C4H7NO/c16-14(20)11-1-3-13(4-2-11)21-7-5-17-9-12(19)10-22-15-18-6-8-23-15;1-2-4-5-3-1;6-4-2-1-3-5-4/h1-4,6,8,12,17,19H,5,7,9-10H2,(H2,16,20);1-5H2;1-3H2,(H,5,6). The molecule has 1 unspecified atom stereocenters. The molecule has 10 heteroatoms. The first-order chi connectivity index (χ1) is 16.5. The fourth-order valence-corrected chi connectivity index (χ4v) is 3.68. The molecule has 34 heavy (non-hydrogen) atoms. The van der Waals surface area contributed by atoms with E-state index in [-0.39, 0.29) is 12.5 Å². The van der Waals surface area contributed by atoms with E-state index < -0.39 is 12.0 Å². The SMILES string of the molecule is C1CCCC1.NC(=O)c1ccc(OCCNCC(O)COc2nccs2)cc1.O=C1CCCN1. The summed E-state index contributed by atoms with van der Waals surface area (Å²) in [4.78, 5) is 25.0. The molecule has 0 spiro atoms. The molecule has 1 saturated carbocycles. The summed E-state index contributed by atoms with van der Waals surface area (Å²) in [6.07, 6.45) is 10.3. The van der Waals surface area contributed by atoms with Crippen molar-refractivity contribution in [2.24, 2.45) is 5.73 Å². The maximum absolute atomic E-state index is 10.9. The highest BCUT2D eigenvalue weighted by Gasteiger charge is 2.06. The van der Waals surface area contributed by atoms with E-state index in [0.717, 1.165) is 19.4 Å². The molecule has 2 aromatic rings. The summed E-state index contributed by atoms with van der Waals surface area (Å²) in [6.45, 7) is 2.49. The van der Waals surface area contributed by atoms with E-state index in [4.69, 9.17) is 15.2 Å². The van der Waals surface area contributed by atoms with Gasteiger partial charge in [-0.25, -0.2) is 4.98 Å². The Balaban J connectivity index is 0.000000300. The topological polar surface area (TPSA) is 136 Å². The molecule has 188 valence electrons. The number of hydrogen-bond donors (Lipinski definition) is 4. The molecule has 2 amide bonds. The zero-order valence-electron chi connectivity index (χ0n) is 19.5. The average molecular weight is 493 g/mol. The Morgan fingerprint density at radius 1 is 1.15 bits per heavy atom. The van der Waals surface area contributed by atoms with Gasteiger partial charge in [-0.2, -0.15) is 0 Å². The number of nitrogens with zero attached hydrogens (tertiary/aromatic N) is 1. The second-order valence-corrected chi connectivity index (χ2v) is 8.78. The van der Waals surface area contributed by atoms with E-state index in [1.165, 1.54) is 43.4 Å².